The molecule has 0 radical (unpaired) electrons. The van der Waals surface area contributed by atoms with Gasteiger partial charge in [0.25, 0.3) is 0 Å². The molecule has 0 atom stereocenters. The molecule has 72 valence electrons. The Hall–Kier alpha value is -1.16. The van der Waals surface area contributed by atoms with Crippen LogP contribution in [0, 0.1) is 6.92 Å². The van der Waals surface area contributed by atoms with Gasteiger partial charge in [0.2, 0.25) is 5.95 Å². The Kier molecular flexibility index (Phi) is 4.18. The molecular weight excluding hydrogens is 164 g/mol. The smallest absolute Gasteiger partial charge is 0.222 e. The third-order valence-corrected chi connectivity index (χ3v) is 1.68. The summed E-state index contributed by atoms with van der Waals surface area (Å²) in [6, 6.07) is 1.89. The van der Waals surface area contributed by atoms with Gasteiger partial charge < -0.3 is 10.6 Å². The van der Waals surface area contributed by atoms with Crippen molar-refractivity contribution in [2.24, 2.45) is 0 Å². The molecule has 0 spiro atoms. The van der Waals surface area contributed by atoms with Crippen LogP contribution in [0.5, 0.6) is 0 Å². The van der Waals surface area contributed by atoms with Crippen molar-refractivity contribution in [3.63, 3.8) is 0 Å². The van der Waals surface area contributed by atoms with Crippen LogP contribution in [-0.4, -0.2) is 30.1 Å². The number of anilines is 1. The van der Waals surface area contributed by atoms with E-state index in [9.17, 15) is 0 Å². The predicted octanol–water partition coefficient (Wildman–Crippen LogP) is 0.806. The number of rotatable bonds is 5. The summed E-state index contributed by atoms with van der Waals surface area (Å²) in [7, 11) is 1.95. The molecule has 0 amide bonds. The van der Waals surface area contributed by atoms with Crippen molar-refractivity contribution in [3.8, 4) is 0 Å². The van der Waals surface area contributed by atoms with Crippen molar-refractivity contribution in [3.05, 3.63) is 18.0 Å². The Morgan fingerprint density at radius 2 is 2.23 bits per heavy atom. The maximum atomic E-state index is 4.23. The molecule has 4 heteroatoms. The molecule has 0 unspecified atom stereocenters. The molecule has 4 nitrogen and oxygen atoms in total. The number of hydrogen-bond acceptors (Lipinski definition) is 4. The first-order chi connectivity index (χ1) is 6.33. The van der Waals surface area contributed by atoms with Crippen LogP contribution in [0.3, 0.4) is 0 Å². The first-order valence-electron chi connectivity index (χ1n) is 4.51. The van der Waals surface area contributed by atoms with E-state index in [2.05, 4.69) is 20.6 Å². The van der Waals surface area contributed by atoms with Crippen LogP contribution in [0.25, 0.3) is 0 Å². The average Bonchev–Trinajstić information content (AvgIpc) is 2.13. The lowest BCUT2D eigenvalue weighted by Gasteiger charge is -2.03. The highest BCUT2D eigenvalue weighted by atomic mass is 15.1. The number of nitrogens with zero attached hydrogens (tertiary/aromatic N) is 2. The number of nitrogens with one attached hydrogen (secondary N) is 2. The standard InChI is InChI=1S/C9H16N4/c1-8-4-7-12-9(13-8)11-6-3-5-10-2/h4,7,10H,3,5-6H2,1-2H3,(H,11,12,13). The minimum atomic E-state index is 0.719. The van der Waals surface area contributed by atoms with Gasteiger partial charge in [-0.05, 0) is 33.0 Å². The van der Waals surface area contributed by atoms with E-state index < -0.39 is 0 Å². The van der Waals surface area contributed by atoms with Gasteiger partial charge in [-0.1, -0.05) is 0 Å². The second kappa shape index (κ2) is 5.48. The molecule has 0 aliphatic carbocycles. The Bertz CT molecular complexity index is 249. The van der Waals surface area contributed by atoms with Crippen molar-refractivity contribution in [1.82, 2.24) is 15.3 Å². The van der Waals surface area contributed by atoms with Gasteiger partial charge in [0.15, 0.2) is 0 Å². The number of hydrogen-bond donors (Lipinski definition) is 2. The van der Waals surface area contributed by atoms with Gasteiger partial charge in [-0.3, -0.25) is 0 Å². The van der Waals surface area contributed by atoms with Crippen LogP contribution < -0.4 is 10.6 Å². The van der Waals surface area contributed by atoms with Crippen LogP contribution in [0.2, 0.25) is 0 Å². The first-order valence-corrected chi connectivity index (χ1v) is 4.51. The summed E-state index contributed by atoms with van der Waals surface area (Å²) in [5, 5.41) is 6.24. The van der Waals surface area contributed by atoms with Crippen LogP contribution in [0.4, 0.5) is 5.95 Å². The highest BCUT2D eigenvalue weighted by Gasteiger charge is 1.93. The molecule has 0 aromatic carbocycles. The van der Waals surface area contributed by atoms with Gasteiger partial charge in [0.05, 0.1) is 0 Å². The van der Waals surface area contributed by atoms with Crippen molar-refractivity contribution >= 4 is 5.95 Å². The summed E-state index contributed by atoms with van der Waals surface area (Å²) in [5.41, 5.74) is 0.992. The molecule has 13 heavy (non-hydrogen) atoms. The van der Waals surface area contributed by atoms with Crippen LogP contribution >= 0.6 is 0 Å². The Morgan fingerprint density at radius 1 is 1.38 bits per heavy atom. The van der Waals surface area contributed by atoms with E-state index in [0.29, 0.717) is 0 Å². The Balaban J connectivity index is 2.28. The summed E-state index contributed by atoms with van der Waals surface area (Å²) in [4.78, 5) is 8.32. The summed E-state index contributed by atoms with van der Waals surface area (Å²) in [6.07, 6.45) is 2.84. The summed E-state index contributed by atoms with van der Waals surface area (Å²) < 4.78 is 0. The summed E-state index contributed by atoms with van der Waals surface area (Å²) in [6.45, 7) is 3.88. The van der Waals surface area contributed by atoms with E-state index in [-0.39, 0.29) is 0 Å². The molecule has 0 aliphatic rings. The molecule has 1 heterocycles. The number of aromatic nitrogens is 2. The lowest BCUT2D eigenvalue weighted by molar-refractivity contribution is 0.745. The minimum absolute atomic E-state index is 0.719. The zero-order chi connectivity index (χ0) is 9.52. The fourth-order valence-corrected chi connectivity index (χ4v) is 0.999. The average molecular weight is 180 g/mol. The maximum Gasteiger partial charge on any atom is 0.222 e. The van der Waals surface area contributed by atoms with E-state index in [1.165, 1.54) is 0 Å². The zero-order valence-electron chi connectivity index (χ0n) is 8.17. The lowest BCUT2D eigenvalue weighted by Crippen LogP contribution is -2.13. The van der Waals surface area contributed by atoms with Gasteiger partial charge in [-0.2, -0.15) is 0 Å². The molecule has 0 saturated heterocycles. The van der Waals surface area contributed by atoms with Crippen LogP contribution in [0.1, 0.15) is 12.1 Å². The highest BCUT2D eigenvalue weighted by molar-refractivity contribution is 5.24. The quantitative estimate of drug-likeness (QED) is 0.658. The van der Waals surface area contributed by atoms with Gasteiger partial charge in [-0.15, -0.1) is 0 Å². The van der Waals surface area contributed by atoms with Crippen molar-refractivity contribution in [1.29, 1.82) is 0 Å². The van der Waals surface area contributed by atoms with Crippen molar-refractivity contribution in [2.75, 3.05) is 25.5 Å². The summed E-state index contributed by atoms with van der Waals surface area (Å²) >= 11 is 0. The van der Waals surface area contributed by atoms with Crippen molar-refractivity contribution in [2.45, 2.75) is 13.3 Å². The predicted molar refractivity (Wildman–Crippen MR) is 53.8 cm³/mol. The molecule has 0 aliphatic heterocycles. The SMILES string of the molecule is CNCCCNc1nccc(C)n1. The molecule has 0 saturated carbocycles. The third-order valence-electron chi connectivity index (χ3n) is 1.68. The van der Waals surface area contributed by atoms with Crippen LogP contribution in [-0.2, 0) is 0 Å². The van der Waals surface area contributed by atoms with Gasteiger partial charge in [-0.25, -0.2) is 9.97 Å². The van der Waals surface area contributed by atoms with Gasteiger partial charge in [0.1, 0.15) is 0 Å². The summed E-state index contributed by atoms with van der Waals surface area (Å²) in [5.74, 6) is 0.719. The fourth-order valence-electron chi connectivity index (χ4n) is 0.999. The second-order valence-corrected chi connectivity index (χ2v) is 2.91. The molecule has 1 aromatic rings. The second-order valence-electron chi connectivity index (χ2n) is 2.91. The van der Waals surface area contributed by atoms with Crippen LogP contribution in [0.15, 0.2) is 12.3 Å². The lowest BCUT2D eigenvalue weighted by atomic mass is 10.4. The molecular formula is C9H16N4. The first kappa shape index (κ1) is 9.92. The Morgan fingerprint density at radius 3 is 2.92 bits per heavy atom. The van der Waals surface area contributed by atoms with E-state index >= 15 is 0 Å². The van der Waals surface area contributed by atoms with E-state index in [0.717, 1.165) is 31.2 Å². The molecule has 0 fully saturated rings. The maximum absolute atomic E-state index is 4.23. The van der Waals surface area contributed by atoms with Gasteiger partial charge >= 0.3 is 0 Å². The van der Waals surface area contributed by atoms with E-state index in [4.69, 9.17) is 0 Å². The Labute approximate surface area is 78.8 Å². The van der Waals surface area contributed by atoms with Gasteiger partial charge in [0, 0.05) is 18.4 Å². The number of aryl methyl sites for hydroxylation is 1. The highest BCUT2D eigenvalue weighted by Crippen LogP contribution is 1.97. The molecule has 2 N–H and O–H groups in total. The molecule has 1 rings (SSSR count). The molecule has 1 aromatic heterocycles. The largest absolute Gasteiger partial charge is 0.354 e. The van der Waals surface area contributed by atoms with Crippen molar-refractivity contribution < 1.29 is 0 Å². The molecule has 0 bridgehead atoms. The fraction of sp³-hybridized carbons (Fsp3) is 0.556. The monoisotopic (exact) mass is 180 g/mol. The zero-order valence-corrected chi connectivity index (χ0v) is 8.17. The van der Waals surface area contributed by atoms with E-state index in [1.54, 1.807) is 6.20 Å². The minimum Gasteiger partial charge on any atom is -0.354 e. The third kappa shape index (κ3) is 3.85. The normalized spacial score (nSPS) is 10.0. The topological polar surface area (TPSA) is 49.8 Å². The van der Waals surface area contributed by atoms with E-state index in [1.807, 2.05) is 20.0 Å².